The number of hydrogen-bond donors (Lipinski definition) is 2. The number of nitrogens with one attached hydrogen (secondary N) is 2. The minimum Gasteiger partial charge on any atom is -0.442 e. The second kappa shape index (κ2) is 7.18. The highest BCUT2D eigenvalue weighted by Gasteiger charge is 2.33. The summed E-state index contributed by atoms with van der Waals surface area (Å²) in [7, 11) is 4.00. The molecule has 4 rings (SSSR count). The van der Waals surface area contributed by atoms with E-state index < -0.39 is 0 Å². The highest BCUT2D eigenvalue weighted by molar-refractivity contribution is 5.90. The summed E-state index contributed by atoms with van der Waals surface area (Å²) in [5.41, 5.74) is 5.47. The number of carbonyl (C=O) groups is 2. The van der Waals surface area contributed by atoms with E-state index in [1.54, 1.807) is 4.90 Å². The molecule has 1 aliphatic heterocycles. The van der Waals surface area contributed by atoms with Crippen LogP contribution >= 0.6 is 0 Å². The molecule has 1 aromatic carbocycles. The first-order chi connectivity index (χ1) is 13.4. The van der Waals surface area contributed by atoms with Crippen LogP contribution in [-0.4, -0.2) is 55.5 Å². The molecule has 1 atom stereocenters. The van der Waals surface area contributed by atoms with Gasteiger partial charge in [-0.3, -0.25) is 14.8 Å². The Labute approximate surface area is 163 Å². The van der Waals surface area contributed by atoms with Gasteiger partial charge in [0.2, 0.25) is 5.91 Å². The fourth-order valence-corrected chi connectivity index (χ4v) is 3.94. The van der Waals surface area contributed by atoms with Crippen LogP contribution in [0.2, 0.25) is 0 Å². The van der Waals surface area contributed by atoms with E-state index in [0.717, 1.165) is 42.0 Å². The summed E-state index contributed by atoms with van der Waals surface area (Å²) in [6.45, 7) is 2.21. The summed E-state index contributed by atoms with van der Waals surface area (Å²) < 4.78 is 5.38. The monoisotopic (exact) mass is 383 g/mol. The first-order valence-corrected chi connectivity index (χ1v) is 9.54. The van der Waals surface area contributed by atoms with E-state index in [4.69, 9.17) is 4.74 Å². The number of carbonyl (C=O) groups excluding carboxylic acids is 2. The number of aryl methyl sites for hydroxylation is 1. The third-order valence-electron chi connectivity index (χ3n) is 5.26. The first-order valence-electron chi connectivity index (χ1n) is 9.54. The number of hydrogen-bond acceptors (Lipinski definition) is 5. The van der Waals surface area contributed by atoms with Gasteiger partial charge >= 0.3 is 6.09 Å². The van der Waals surface area contributed by atoms with Crippen LogP contribution in [0.4, 0.5) is 16.3 Å². The van der Waals surface area contributed by atoms with Crippen molar-refractivity contribution in [1.82, 2.24) is 15.5 Å². The number of aromatic nitrogens is 2. The molecule has 2 aromatic rings. The average molecular weight is 383 g/mol. The average Bonchev–Trinajstić information content (AvgIpc) is 3.19. The number of anilines is 2. The number of amides is 2. The van der Waals surface area contributed by atoms with Gasteiger partial charge in [0, 0.05) is 37.8 Å². The number of ether oxygens (including phenoxy) is 1. The van der Waals surface area contributed by atoms with Gasteiger partial charge in [-0.05, 0) is 37.0 Å². The predicted molar refractivity (Wildman–Crippen MR) is 107 cm³/mol. The van der Waals surface area contributed by atoms with Crippen LogP contribution in [0.25, 0.3) is 11.3 Å². The van der Waals surface area contributed by atoms with Crippen molar-refractivity contribution < 1.29 is 14.3 Å². The van der Waals surface area contributed by atoms with Crippen molar-refractivity contribution in [3.05, 3.63) is 29.3 Å². The summed E-state index contributed by atoms with van der Waals surface area (Å²) in [6, 6.07) is 6.08. The predicted octanol–water partition coefficient (Wildman–Crippen LogP) is 2.09. The van der Waals surface area contributed by atoms with E-state index in [1.807, 2.05) is 25.1 Å². The molecule has 8 nitrogen and oxygen atoms in total. The molecule has 1 aromatic heterocycles. The molecular formula is C20H25N5O3. The van der Waals surface area contributed by atoms with E-state index in [9.17, 15) is 9.59 Å². The smallest absolute Gasteiger partial charge is 0.414 e. The molecule has 1 aliphatic carbocycles. The van der Waals surface area contributed by atoms with Gasteiger partial charge in [0.1, 0.15) is 6.10 Å². The fourth-order valence-electron chi connectivity index (χ4n) is 3.94. The molecule has 2 aliphatic rings. The maximum Gasteiger partial charge on any atom is 0.414 e. The molecule has 2 heterocycles. The van der Waals surface area contributed by atoms with Crippen molar-refractivity contribution in [2.75, 3.05) is 37.0 Å². The zero-order chi connectivity index (χ0) is 19.8. The zero-order valence-corrected chi connectivity index (χ0v) is 16.4. The first kappa shape index (κ1) is 18.3. The molecule has 148 valence electrons. The standard InChI is InChI=1S/C20H25N5O3/c1-12(26)21-10-15-11-25(20(27)28-15)14-7-8-16-13(9-14)5-4-6-17-18(16)22-23-19(17)24(2)3/h7-9,15H,4-6,10-11H2,1-3H3,(H,21,26)(H,22,23). The lowest BCUT2D eigenvalue weighted by molar-refractivity contribution is -0.119. The summed E-state index contributed by atoms with van der Waals surface area (Å²) in [6.07, 6.45) is 2.22. The van der Waals surface area contributed by atoms with Crippen LogP contribution < -0.4 is 15.1 Å². The van der Waals surface area contributed by atoms with E-state index in [-0.39, 0.29) is 18.1 Å². The summed E-state index contributed by atoms with van der Waals surface area (Å²) in [5, 5.41) is 10.4. The number of aromatic amines is 1. The molecule has 0 bridgehead atoms. The Morgan fingerprint density at radius 1 is 1.39 bits per heavy atom. The second-order valence-corrected chi connectivity index (χ2v) is 7.54. The van der Waals surface area contributed by atoms with E-state index in [2.05, 4.69) is 27.6 Å². The Hall–Kier alpha value is -3.03. The molecule has 0 saturated carbocycles. The minimum atomic E-state index is -0.374. The topological polar surface area (TPSA) is 90.6 Å². The van der Waals surface area contributed by atoms with Gasteiger partial charge < -0.3 is 15.0 Å². The highest BCUT2D eigenvalue weighted by Crippen LogP contribution is 2.37. The SMILES string of the molecule is CC(=O)NCC1CN(c2ccc3c(c2)CCCc2c(N(C)C)n[nH]c2-3)C(=O)O1. The van der Waals surface area contributed by atoms with Crippen molar-refractivity contribution in [1.29, 1.82) is 0 Å². The van der Waals surface area contributed by atoms with Gasteiger partial charge in [-0.25, -0.2) is 4.79 Å². The summed E-state index contributed by atoms with van der Waals surface area (Å²) in [5.74, 6) is 0.850. The second-order valence-electron chi connectivity index (χ2n) is 7.54. The minimum absolute atomic E-state index is 0.132. The molecule has 28 heavy (non-hydrogen) atoms. The zero-order valence-electron chi connectivity index (χ0n) is 16.4. The molecule has 8 heteroatoms. The van der Waals surface area contributed by atoms with Crippen LogP contribution in [0, 0.1) is 0 Å². The Bertz CT molecular complexity index is 921. The Morgan fingerprint density at radius 3 is 2.96 bits per heavy atom. The third-order valence-corrected chi connectivity index (χ3v) is 5.26. The van der Waals surface area contributed by atoms with Gasteiger partial charge in [0.15, 0.2) is 5.82 Å². The summed E-state index contributed by atoms with van der Waals surface area (Å²) in [4.78, 5) is 27.1. The molecule has 0 spiro atoms. The van der Waals surface area contributed by atoms with Crippen LogP contribution in [0.1, 0.15) is 24.5 Å². The Morgan fingerprint density at radius 2 is 2.21 bits per heavy atom. The number of H-pyrrole nitrogens is 1. The Balaban J connectivity index is 1.60. The fraction of sp³-hybridized carbons (Fsp3) is 0.450. The summed E-state index contributed by atoms with van der Waals surface area (Å²) >= 11 is 0. The van der Waals surface area contributed by atoms with Gasteiger partial charge in [0.05, 0.1) is 18.8 Å². The molecule has 1 unspecified atom stereocenters. The molecule has 2 amide bonds. The van der Waals surface area contributed by atoms with Crippen LogP contribution in [0.5, 0.6) is 0 Å². The van der Waals surface area contributed by atoms with Gasteiger partial charge in [-0.15, -0.1) is 0 Å². The third kappa shape index (κ3) is 3.30. The van der Waals surface area contributed by atoms with E-state index in [0.29, 0.717) is 13.1 Å². The normalized spacial score (nSPS) is 18.2. The number of rotatable bonds is 4. The van der Waals surface area contributed by atoms with Gasteiger partial charge in [0.25, 0.3) is 0 Å². The maximum absolute atomic E-state index is 12.3. The molecular weight excluding hydrogens is 358 g/mol. The van der Waals surface area contributed by atoms with E-state index >= 15 is 0 Å². The number of nitrogens with zero attached hydrogens (tertiary/aromatic N) is 3. The van der Waals surface area contributed by atoms with Crippen molar-refractivity contribution in [3.63, 3.8) is 0 Å². The number of fused-ring (bicyclic) bond motifs is 3. The van der Waals surface area contributed by atoms with Gasteiger partial charge in [-0.2, -0.15) is 5.10 Å². The maximum atomic E-state index is 12.3. The lowest BCUT2D eigenvalue weighted by Crippen LogP contribution is -2.33. The largest absolute Gasteiger partial charge is 0.442 e. The van der Waals surface area contributed by atoms with Gasteiger partial charge in [-0.1, -0.05) is 6.07 Å². The number of benzene rings is 1. The highest BCUT2D eigenvalue weighted by atomic mass is 16.6. The Kier molecular flexibility index (Phi) is 4.70. The lowest BCUT2D eigenvalue weighted by atomic mass is 10.0. The van der Waals surface area contributed by atoms with Crippen molar-refractivity contribution >= 4 is 23.5 Å². The van der Waals surface area contributed by atoms with Crippen molar-refractivity contribution in [2.45, 2.75) is 32.3 Å². The van der Waals surface area contributed by atoms with Crippen molar-refractivity contribution in [3.8, 4) is 11.3 Å². The molecule has 0 radical (unpaired) electrons. The van der Waals surface area contributed by atoms with Crippen LogP contribution in [0.3, 0.4) is 0 Å². The molecule has 1 fully saturated rings. The molecule has 1 saturated heterocycles. The lowest BCUT2D eigenvalue weighted by Gasteiger charge is -2.16. The van der Waals surface area contributed by atoms with E-state index in [1.165, 1.54) is 18.1 Å². The van der Waals surface area contributed by atoms with Crippen LogP contribution in [-0.2, 0) is 22.4 Å². The number of cyclic esters (lactones) is 1. The van der Waals surface area contributed by atoms with Crippen LogP contribution in [0.15, 0.2) is 18.2 Å². The molecule has 2 N–H and O–H groups in total. The quantitative estimate of drug-likeness (QED) is 0.844. The van der Waals surface area contributed by atoms with Crippen molar-refractivity contribution in [2.24, 2.45) is 0 Å².